The van der Waals surface area contributed by atoms with Gasteiger partial charge in [-0.2, -0.15) is 5.10 Å². The molecule has 1 aromatic heterocycles. The SMILES string of the molecule is CCCCN(C)Cc1cccc(-c2ccc3cnn(C(C)C)c3c2)c1. The minimum absolute atomic E-state index is 0.367. The Kier molecular flexibility index (Phi) is 5.54. The molecule has 3 nitrogen and oxygen atoms in total. The summed E-state index contributed by atoms with van der Waals surface area (Å²) in [5.74, 6) is 0. The number of rotatable bonds is 7. The number of hydrogen-bond acceptors (Lipinski definition) is 2. The Morgan fingerprint density at radius 3 is 2.64 bits per heavy atom. The lowest BCUT2D eigenvalue weighted by Crippen LogP contribution is -2.18. The molecule has 0 saturated carbocycles. The molecule has 0 radical (unpaired) electrons. The van der Waals surface area contributed by atoms with Crippen LogP contribution in [-0.2, 0) is 6.54 Å². The zero-order valence-corrected chi connectivity index (χ0v) is 15.9. The highest BCUT2D eigenvalue weighted by atomic mass is 15.3. The van der Waals surface area contributed by atoms with E-state index in [-0.39, 0.29) is 0 Å². The summed E-state index contributed by atoms with van der Waals surface area (Å²) in [4.78, 5) is 2.40. The van der Waals surface area contributed by atoms with Gasteiger partial charge < -0.3 is 4.90 Å². The van der Waals surface area contributed by atoms with Crippen LogP contribution in [0.5, 0.6) is 0 Å². The second-order valence-corrected chi connectivity index (χ2v) is 7.25. The Bertz CT molecular complexity index is 832. The molecular weight excluding hydrogens is 306 g/mol. The summed E-state index contributed by atoms with van der Waals surface area (Å²) in [6.45, 7) is 8.74. The summed E-state index contributed by atoms with van der Waals surface area (Å²) >= 11 is 0. The van der Waals surface area contributed by atoms with Crippen molar-refractivity contribution in [2.45, 2.75) is 46.2 Å². The molecule has 0 fully saturated rings. The molecule has 0 atom stereocenters. The van der Waals surface area contributed by atoms with Gasteiger partial charge in [-0.05, 0) is 62.7 Å². The third-order valence-electron chi connectivity index (χ3n) is 4.69. The second kappa shape index (κ2) is 7.83. The second-order valence-electron chi connectivity index (χ2n) is 7.25. The van der Waals surface area contributed by atoms with Crippen molar-refractivity contribution in [2.75, 3.05) is 13.6 Å². The van der Waals surface area contributed by atoms with Crippen molar-refractivity contribution < 1.29 is 0 Å². The van der Waals surface area contributed by atoms with Gasteiger partial charge in [-0.25, -0.2) is 0 Å². The molecule has 0 aliphatic heterocycles. The molecule has 3 heteroatoms. The quantitative estimate of drug-likeness (QED) is 0.567. The Morgan fingerprint density at radius 1 is 1.08 bits per heavy atom. The van der Waals surface area contributed by atoms with E-state index in [0.717, 1.165) is 13.1 Å². The fourth-order valence-electron chi connectivity index (χ4n) is 3.30. The first-order valence-corrected chi connectivity index (χ1v) is 9.33. The predicted molar refractivity (Wildman–Crippen MR) is 107 cm³/mol. The Hall–Kier alpha value is -2.13. The molecule has 0 unspecified atom stereocenters. The van der Waals surface area contributed by atoms with Gasteiger partial charge in [0, 0.05) is 18.0 Å². The van der Waals surface area contributed by atoms with E-state index in [2.05, 4.69) is 85.0 Å². The van der Waals surface area contributed by atoms with Crippen molar-refractivity contribution in [3.63, 3.8) is 0 Å². The molecule has 0 saturated heterocycles. The van der Waals surface area contributed by atoms with Crippen LogP contribution in [0.15, 0.2) is 48.7 Å². The lowest BCUT2D eigenvalue weighted by molar-refractivity contribution is 0.321. The largest absolute Gasteiger partial charge is 0.302 e. The minimum atomic E-state index is 0.367. The molecular formula is C22H29N3. The molecule has 0 spiro atoms. The van der Waals surface area contributed by atoms with Crippen LogP contribution in [-0.4, -0.2) is 28.3 Å². The maximum Gasteiger partial charge on any atom is 0.0691 e. The maximum atomic E-state index is 4.53. The van der Waals surface area contributed by atoms with Gasteiger partial charge in [-0.3, -0.25) is 4.68 Å². The molecule has 0 aliphatic rings. The van der Waals surface area contributed by atoms with E-state index in [1.807, 2.05) is 6.20 Å². The Morgan fingerprint density at radius 2 is 1.88 bits per heavy atom. The van der Waals surface area contributed by atoms with E-state index in [4.69, 9.17) is 0 Å². The summed E-state index contributed by atoms with van der Waals surface area (Å²) in [5, 5.41) is 5.73. The lowest BCUT2D eigenvalue weighted by Gasteiger charge is -2.16. The van der Waals surface area contributed by atoms with Gasteiger partial charge in [0.15, 0.2) is 0 Å². The first kappa shape index (κ1) is 17.7. The standard InChI is InChI=1S/C22H29N3/c1-5-6-12-24(4)16-18-8-7-9-19(13-18)20-10-11-21-15-23-25(17(2)3)22(21)14-20/h7-11,13-15,17H,5-6,12,16H2,1-4H3. The van der Waals surface area contributed by atoms with Gasteiger partial charge in [0.05, 0.1) is 11.7 Å². The number of nitrogens with zero attached hydrogens (tertiary/aromatic N) is 3. The summed E-state index contributed by atoms with van der Waals surface area (Å²) in [7, 11) is 2.20. The monoisotopic (exact) mass is 335 g/mol. The Balaban J connectivity index is 1.87. The van der Waals surface area contributed by atoms with Gasteiger partial charge in [0.2, 0.25) is 0 Å². The molecule has 1 heterocycles. The van der Waals surface area contributed by atoms with Gasteiger partial charge in [-0.15, -0.1) is 0 Å². The third kappa shape index (κ3) is 4.10. The predicted octanol–water partition coefficient (Wildman–Crippen LogP) is 5.52. The van der Waals surface area contributed by atoms with E-state index in [1.54, 1.807) is 0 Å². The van der Waals surface area contributed by atoms with Crippen molar-refractivity contribution >= 4 is 10.9 Å². The third-order valence-corrected chi connectivity index (χ3v) is 4.69. The molecule has 2 aromatic carbocycles. The molecule has 25 heavy (non-hydrogen) atoms. The van der Waals surface area contributed by atoms with Crippen molar-refractivity contribution in [2.24, 2.45) is 0 Å². The lowest BCUT2D eigenvalue weighted by atomic mass is 10.0. The van der Waals surface area contributed by atoms with E-state index in [1.165, 1.54) is 40.4 Å². The van der Waals surface area contributed by atoms with E-state index in [9.17, 15) is 0 Å². The number of fused-ring (bicyclic) bond motifs is 1. The molecule has 0 amide bonds. The average Bonchev–Trinajstić information content (AvgIpc) is 3.03. The van der Waals surface area contributed by atoms with E-state index in [0.29, 0.717) is 6.04 Å². The van der Waals surface area contributed by atoms with Gasteiger partial charge in [0.25, 0.3) is 0 Å². The van der Waals surface area contributed by atoms with Gasteiger partial charge in [0.1, 0.15) is 0 Å². The van der Waals surface area contributed by atoms with Crippen LogP contribution >= 0.6 is 0 Å². The van der Waals surface area contributed by atoms with Gasteiger partial charge in [-0.1, -0.05) is 43.7 Å². The zero-order valence-electron chi connectivity index (χ0n) is 15.9. The first-order chi connectivity index (χ1) is 12.1. The minimum Gasteiger partial charge on any atom is -0.302 e. The highest BCUT2D eigenvalue weighted by Crippen LogP contribution is 2.26. The smallest absolute Gasteiger partial charge is 0.0691 e. The summed E-state index contributed by atoms with van der Waals surface area (Å²) in [6, 6.07) is 15.9. The number of benzene rings is 2. The number of hydrogen-bond donors (Lipinski definition) is 0. The van der Waals surface area contributed by atoms with Crippen molar-refractivity contribution in [1.29, 1.82) is 0 Å². The van der Waals surface area contributed by atoms with Crippen molar-refractivity contribution in [3.05, 3.63) is 54.2 Å². The van der Waals surface area contributed by atoms with Crippen LogP contribution in [0.2, 0.25) is 0 Å². The number of aromatic nitrogens is 2. The highest BCUT2D eigenvalue weighted by molar-refractivity contribution is 5.84. The fourth-order valence-corrected chi connectivity index (χ4v) is 3.30. The van der Waals surface area contributed by atoms with Crippen LogP contribution in [0.4, 0.5) is 0 Å². The first-order valence-electron chi connectivity index (χ1n) is 9.33. The molecule has 0 bridgehead atoms. The molecule has 0 aliphatic carbocycles. The molecule has 0 N–H and O–H groups in total. The van der Waals surface area contributed by atoms with Crippen LogP contribution in [0.3, 0.4) is 0 Å². The fraction of sp³-hybridized carbons (Fsp3) is 0.409. The maximum absolute atomic E-state index is 4.53. The normalized spacial score (nSPS) is 11.8. The van der Waals surface area contributed by atoms with Crippen LogP contribution in [0, 0.1) is 0 Å². The molecule has 132 valence electrons. The van der Waals surface area contributed by atoms with Crippen LogP contribution < -0.4 is 0 Å². The van der Waals surface area contributed by atoms with Crippen molar-refractivity contribution in [3.8, 4) is 11.1 Å². The van der Waals surface area contributed by atoms with E-state index < -0.39 is 0 Å². The van der Waals surface area contributed by atoms with Gasteiger partial charge >= 0.3 is 0 Å². The topological polar surface area (TPSA) is 21.1 Å². The summed E-state index contributed by atoms with van der Waals surface area (Å²) < 4.78 is 2.10. The van der Waals surface area contributed by atoms with Crippen LogP contribution in [0.25, 0.3) is 22.0 Å². The number of unbranched alkanes of at least 4 members (excludes halogenated alkanes) is 1. The molecule has 3 aromatic rings. The van der Waals surface area contributed by atoms with Crippen molar-refractivity contribution in [1.82, 2.24) is 14.7 Å². The highest BCUT2D eigenvalue weighted by Gasteiger charge is 2.08. The molecule has 3 rings (SSSR count). The summed E-state index contributed by atoms with van der Waals surface area (Å²) in [6.07, 6.45) is 4.46. The summed E-state index contributed by atoms with van der Waals surface area (Å²) in [5.41, 5.74) is 5.11. The van der Waals surface area contributed by atoms with Crippen LogP contribution in [0.1, 0.15) is 45.2 Å². The zero-order chi connectivity index (χ0) is 17.8. The van der Waals surface area contributed by atoms with E-state index >= 15 is 0 Å². The average molecular weight is 335 g/mol. The Labute approximate surface area is 151 Å².